The van der Waals surface area contributed by atoms with E-state index in [-0.39, 0.29) is 24.7 Å². The van der Waals surface area contributed by atoms with Crippen molar-refractivity contribution >= 4 is 29.5 Å². The predicted molar refractivity (Wildman–Crippen MR) is 75.4 cm³/mol. The lowest BCUT2D eigenvalue weighted by atomic mass is 10.2. The number of likely N-dealkylation sites (tertiary alicyclic amines) is 1. The second-order valence-electron chi connectivity index (χ2n) is 6.01. The van der Waals surface area contributed by atoms with Crippen LogP contribution in [0.4, 0.5) is 4.79 Å². The van der Waals surface area contributed by atoms with Gasteiger partial charge in [0.05, 0.1) is 12.4 Å². The first-order valence-electron chi connectivity index (χ1n) is 6.66. The molecule has 0 N–H and O–H groups in total. The Hall–Kier alpha value is -1.24. The molecule has 0 aromatic heterocycles. The lowest BCUT2D eigenvalue weighted by Crippen LogP contribution is -2.48. The van der Waals surface area contributed by atoms with Crippen LogP contribution in [0.2, 0.25) is 0 Å². The molecule has 2 saturated heterocycles. The minimum atomic E-state index is -0.698. The number of Topliss-reactive ketones (excluding diaryl/α,β-unsaturated/α-hetero) is 1. The first-order chi connectivity index (χ1) is 9.28. The lowest BCUT2D eigenvalue weighted by molar-refractivity contribution is -0.134. The standard InChI is InChI=1S/C13H20N2O4S/c1-13(2,3)19-12(18)15-7-9(16)6-10(15)11(17)14-4-5-20-8-14/h10H,4-8H2,1-3H3/t10-/m1/s1. The van der Waals surface area contributed by atoms with Crippen LogP contribution in [-0.4, -0.2) is 63.9 Å². The van der Waals surface area contributed by atoms with Gasteiger partial charge in [-0.2, -0.15) is 0 Å². The average molecular weight is 300 g/mol. The van der Waals surface area contributed by atoms with E-state index in [0.717, 1.165) is 5.75 Å². The predicted octanol–water partition coefficient (Wildman–Crippen LogP) is 1.10. The van der Waals surface area contributed by atoms with Gasteiger partial charge in [-0.3, -0.25) is 14.5 Å². The van der Waals surface area contributed by atoms with Crippen LogP contribution in [0, 0.1) is 0 Å². The van der Waals surface area contributed by atoms with E-state index < -0.39 is 17.7 Å². The number of carbonyl (C=O) groups is 3. The summed E-state index contributed by atoms with van der Waals surface area (Å²) in [5.41, 5.74) is -0.639. The fourth-order valence-electron chi connectivity index (χ4n) is 2.22. The Morgan fingerprint density at radius 2 is 2.05 bits per heavy atom. The number of nitrogens with zero attached hydrogens (tertiary/aromatic N) is 2. The van der Waals surface area contributed by atoms with Gasteiger partial charge >= 0.3 is 6.09 Å². The summed E-state index contributed by atoms with van der Waals surface area (Å²) in [5, 5.41) is 0. The molecule has 112 valence electrons. The molecule has 6 nitrogen and oxygen atoms in total. The van der Waals surface area contributed by atoms with Crippen LogP contribution in [0.15, 0.2) is 0 Å². The van der Waals surface area contributed by atoms with Crippen LogP contribution in [0.3, 0.4) is 0 Å². The number of amides is 2. The zero-order valence-corrected chi connectivity index (χ0v) is 12.9. The summed E-state index contributed by atoms with van der Waals surface area (Å²) in [5.74, 6) is 1.29. The van der Waals surface area contributed by atoms with Gasteiger partial charge in [0, 0.05) is 18.7 Å². The molecule has 0 unspecified atom stereocenters. The fourth-order valence-corrected chi connectivity index (χ4v) is 3.18. The molecule has 0 radical (unpaired) electrons. The Kier molecular flexibility index (Phi) is 4.27. The minimum absolute atomic E-state index is 0.0354. The molecule has 2 heterocycles. The Balaban J connectivity index is 2.08. The molecule has 0 aromatic carbocycles. The third kappa shape index (κ3) is 3.45. The summed E-state index contributed by atoms with van der Waals surface area (Å²) >= 11 is 1.68. The van der Waals surface area contributed by atoms with Gasteiger partial charge in [-0.05, 0) is 20.8 Å². The van der Waals surface area contributed by atoms with E-state index >= 15 is 0 Å². The third-order valence-corrected chi connectivity index (χ3v) is 4.09. The molecular formula is C13H20N2O4S. The molecule has 1 atom stereocenters. The minimum Gasteiger partial charge on any atom is -0.444 e. The first-order valence-corrected chi connectivity index (χ1v) is 7.81. The molecule has 0 saturated carbocycles. The van der Waals surface area contributed by atoms with E-state index in [9.17, 15) is 14.4 Å². The highest BCUT2D eigenvalue weighted by Gasteiger charge is 2.42. The van der Waals surface area contributed by atoms with Crippen LogP contribution < -0.4 is 0 Å². The molecule has 0 bridgehead atoms. The Labute approximate surface area is 122 Å². The molecule has 0 aliphatic carbocycles. The average Bonchev–Trinajstić information content (AvgIpc) is 2.94. The van der Waals surface area contributed by atoms with Crippen molar-refractivity contribution < 1.29 is 19.1 Å². The number of hydrogen-bond donors (Lipinski definition) is 0. The molecule has 2 fully saturated rings. The van der Waals surface area contributed by atoms with Gasteiger partial charge in [-0.25, -0.2) is 4.79 Å². The zero-order chi connectivity index (χ0) is 14.9. The number of ether oxygens (including phenoxy) is 1. The van der Waals surface area contributed by atoms with Gasteiger partial charge in [0.1, 0.15) is 11.6 Å². The van der Waals surface area contributed by atoms with Crippen molar-refractivity contribution in [1.82, 2.24) is 9.80 Å². The number of thioether (sulfide) groups is 1. The fraction of sp³-hybridized carbons (Fsp3) is 0.769. The van der Waals surface area contributed by atoms with Gasteiger partial charge in [-0.15, -0.1) is 11.8 Å². The molecule has 2 aliphatic heterocycles. The van der Waals surface area contributed by atoms with Crippen LogP contribution in [-0.2, 0) is 14.3 Å². The molecular weight excluding hydrogens is 280 g/mol. The highest BCUT2D eigenvalue weighted by atomic mass is 32.2. The summed E-state index contributed by atoms with van der Waals surface area (Å²) < 4.78 is 5.27. The van der Waals surface area contributed by atoms with Crippen molar-refractivity contribution in [2.75, 3.05) is 24.7 Å². The summed E-state index contributed by atoms with van der Waals surface area (Å²) in [6.07, 6.45) is -0.493. The Bertz CT molecular complexity index is 427. The highest BCUT2D eigenvalue weighted by molar-refractivity contribution is 7.99. The number of hydrogen-bond acceptors (Lipinski definition) is 5. The second-order valence-corrected chi connectivity index (χ2v) is 7.08. The number of rotatable bonds is 1. The number of ketones is 1. The van der Waals surface area contributed by atoms with Crippen LogP contribution in [0.25, 0.3) is 0 Å². The van der Waals surface area contributed by atoms with Gasteiger partial charge in [0.2, 0.25) is 5.91 Å². The summed E-state index contributed by atoms with van der Waals surface area (Å²) in [7, 11) is 0. The van der Waals surface area contributed by atoms with Crippen molar-refractivity contribution in [3.05, 3.63) is 0 Å². The molecule has 7 heteroatoms. The quantitative estimate of drug-likeness (QED) is 0.725. The molecule has 2 amide bonds. The molecule has 2 rings (SSSR count). The lowest BCUT2D eigenvalue weighted by Gasteiger charge is -2.29. The number of carbonyl (C=O) groups excluding carboxylic acids is 3. The maximum atomic E-state index is 12.4. The van der Waals surface area contributed by atoms with Crippen molar-refractivity contribution in [2.24, 2.45) is 0 Å². The Morgan fingerprint density at radius 3 is 2.60 bits per heavy atom. The van der Waals surface area contributed by atoms with Crippen molar-refractivity contribution in [3.8, 4) is 0 Å². The van der Waals surface area contributed by atoms with E-state index in [2.05, 4.69) is 0 Å². The van der Waals surface area contributed by atoms with E-state index in [1.54, 1.807) is 37.4 Å². The van der Waals surface area contributed by atoms with Crippen molar-refractivity contribution in [3.63, 3.8) is 0 Å². The second kappa shape index (κ2) is 5.63. The zero-order valence-electron chi connectivity index (χ0n) is 12.0. The summed E-state index contributed by atoms with van der Waals surface area (Å²) in [4.78, 5) is 39.1. The van der Waals surface area contributed by atoms with Crippen molar-refractivity contribution in [1.29, 1.82) is 0 Å². The van der Waals surface area contributed by atoms with E-state index in [0.29, 0.717) is 12.4 Å². The van der Waals surface area contributed by atoms with Crippen molar-refractivity contribution in [2.45, 2.75) is 38.8 Å². The molecule has 0 aromatic rings. The normalized spacial score (nSPS) is 23.4. The van der Waals surface area contributed by atoms with E-state index in [1.807, 2.05) is 0 Å². The van der Waals surface area contributed by atoms with Crippen LogP contribution >= 0.6 is 11.8 Å². The van der Waals surface area contributed by atoms with Gasteiger partial charge in [0.15, 0.2) is 5.78 Å². The third-order valence-electron chi connectivity index (χ3n) is 3.12. The summed E-state index contributed by atoms with van der Waals surface area (Å²) in [6, 6.07) is -0.698. The maximum absolute atomic E-state index is 12.4. The van der Waals surface area contributed by atoms with E-state index in [1.165, 1.54) is 4.90 Å². The molecule has 20 heavy (non-hydrogen) atoms. The SMILES string of the molecule is CC(C)(C)OC(=O)N1CC(=O)C[C@@H]1C(=O)N1CCSC1. The van der Waals surface area contributed by atoms with Gasteiger partial charge < -0.3 is 9.64 Å². The monoisotopic (exact) mass is 300 g/mol. The maximum Gasteiger partial charge on any atom is 0.411 e. The Morgan fingerprint density at radius 1 is 1.35 bits per heavy atom. The smallest absolute Gasteiger partial charge is 0.411 e. The van der Waals surface area contributed by atoms with Crippen LogP contribution in [0.5, 0.6) is 0 Å². The first kappa shape index (κ1) is 15.2. The van der Waals surface area contributed by atoms with E-state index in [4.69, 9.17) is 4.74 Å². The highest BCUT2D eigenvalue weighted by Crippen LogP contribution is 2.23. The topological polar surface area (TPSA) is 66.9 Å². The molecule has 0 spiro atoms. The summed E-state index contributed by atoms with van der Waals surface area (Å²) in [6.45, 7) is 5.92. The van der Waals surface area contributed by atoms with Crippen LogP contribution in [0.1, 0.15) is 27.2 Å². The largest absolute Gasteiger partial charge is 0.444 e. The van der Waals surface area contributed by atoms with Gasteiger partial charge in [-0.1, -0.05) is 0 Å². The van der Waals surface area contributed by atoms with Gasteiger partial charge in [0.25, 0.3) is 0 Å². The molecule has 2 aliphatic rings.